The molecule has 2 aliphatic heterocycles. The van der Waals surface area contributed by atoms with E-state index in [9.17, 15) is 9.18 Å². The van der Waals surface area contributed by atoms with Gasteiger partial charge in [0.2, 0.25) is 0 Å². The first-order chi connectivity index (χ1) is 13.6. The molecule has 2 aromatic carbocycles. The smallest absolute Gasteiger partial charge is 0.251 e. The summed E-state index contributed by atoms with van der Waals surface area (Å²) in [6, 6.07) is 14.1. The molecule has 0 radical (unpaired) electrons. The maximum Gasteiger partial charge on any atom is 0.251 e. The summed E-state index contributed by atoms with van der Waals surface area (Å²) in [5.41, 5.74) is 8.35. The van der Waals surface area contributed by atoms with Crippen LogP contribution in [0.15, 0.2) is 48.5 Å². The minimum atomic E-state index is -0.391. The summed E-state index contributed by atoms with van der Waals surface area (Å²) < 4.78 is 13.3. The minimum absolute atomic E-state index is 0.119. The van der Waals surface area contributed by atoms with Gasteiger partial charge in [-0.1, -0.05) is 29.8 Å². The highest BCUT2D eigenvalue weighted by atomic mass is 35.5. The zero-order valence-corrected chi connectivity index (χ0v) is 16.3. The van der Waals surface area contributed by atoms with Gasteiger partial charge in [0.15, 0.2) is 0 Å². The van der Waals surface area contributed by atoms with Crippen LogP contribution in [0.3, 0.4) is 0 Å². The highest BCUT2D eigenvalue weighted by Gasteiger charge is 2.32. The van der Waals surface area contributed by atoms with Crippen LogP contribution in [0.1, 0.15) is 41.2 Å². The van der Waals surface area contributed by atoms with E-state index in [0.29, 0.717) is 5.56 Å². The molecule has 2 unspecified atom stereocenters. The number of hydrogen-bond acceptors (Lipinski definition) is 4. The van der Waals surface area contributed by atoms with Crippen molar-refractivity contribution in [1.82, 2.24) is 21.1 Å². The van der Waals surface area contributed by atoms with Gasteiger partial charge in [0.1, 0.15) is 5.82 Å². The Kier molecular flexibility index (Phi) is 5.92. The molecule has 0 aromatic heterocycles. The van der Waals surface area contributed by atoms with E-state index in [2.05, 4.69) is 33.2 Å². The number of carbonyl (C=O) groups excluding carboxylic acids is 1. The molecular formula is C21H24ClFN4O. The number of piperidine rings is 1. The zero-order valence-electron chi connectivity index (χ0n) is 15.5. The molecule has 148 valence electrons. The number of likely N-dealkylation sites (tertiary alicyclic amines) is 1. The third-order valence-corrected chi connectivity index (χ3v) is 5.80. The fraction of sp³-hybridized carbons (Fsp3) is 0.381. The molecule has 0 bridgehead atoms. The quantitative estimate of drug-likeness (QED) is 0.735. The molecule has 0 aliphatic carbocycles. The fourth-order valence-corrected chi connectivity index (χ4v) is 4.07. The molecule has 28 heavy (non-hydrogen) atoms. The van der Waals surface area contributed by atoms with Gasteiger partial charge >= 0.3 is 0 Å². The number of nitrogens with zero attached hydrogens (tertiary/aromatic N) is 1. The average Bonchev–Trinajstić information content (AvgIpc) is 3.19. The molecule has 2 aliphatic rings. The van der Waals surface area contributed by atoms with Gasteiger partial charge in [0.05, 0.1) is 6.17 Å². The number of hydrogen-bond donors (Lipinski definition) is 3. The van der Waals surface area contributed by atoms with Crippen molar-refractivity contribution in [3.05, 3.63) is 70.5 Å². The lowest BCUT2D eigenvalue weighted by Crippen LogP contribution is -2.51. The van der Waals surface area contributed by atoms with Gasteiger partial charge in [-0.25, -0.2) is 15.2 Å². The molecule has 3 N–H and O–H groups in total. The van der Waals surface area contributed by atoms with Crippen LogP contribution in [0, 0.1) is 5.82 Å². The number of hydrazine groups is 1. The molecule has 0 spiro atoms. The van der Waals surface area contributed by atoms with E-state index in [1.165, 1.54) is 17.7 Å². The molecule has 4 rings (SSSR count). The molecular weight excluding hydrogens is 379 g/mol. The summed E-state index contributed by atoms with van der Waals surface area (Å²) >= 11 is 5.97. The number of amides is 1. The standard InChI is InChI=1S/C21H24ClFN4O/c22-16-6-4-14(5-7-16)19-13-20(26-25-19)27-10-8-18(9-11-27)24-21(28)15-2-1-3-17(23)12-15/h1-7,12,18-20,25-26H,8-11,13H2,(H,24,28). The third kappa shape index (κ3) is 4.52. The summed E-state index contributed by atoms with van der Waals surface area (Å²) in [5, 5.41) is 3.78. The Bertz CT molecular complexity index is 823. The van der Waals surface area contributed by atoms with Crippen molar-refractivity contribution in [2.75, 3.05) is 13.1 Å². The maximum absolute atomic E-state index is 13.3. The first kappa shape index (κ1) is 19.3. The van der Waals surface area contributed by atoms with Crippen LogP contribution in [0.2, 0.25) is 5.02 Å². The first-order valence-electron chi connectivity index (χ1n) is 9.65. The predicted molar refractivity (Wildman–Crippen MR) is 107 cm³/mol. The number of nitrogens with one attached hydrogen (secondary N) is 3. The van der Waals surface area contributed by atoms with Gasteiger partial charge in [-0.2, -0.15) is 0 Å². The Morgan fingerprint density at radius 2 is 1.86 bits per heavy atom. The van der Waals surface area contributed by atoms with Gasteiger partial charge in [0, 0.05) is 35.8 Å². The van der Waals surface area contributed by atoms with E-state index in [1.54, 1.807) is 12.1 Å². The molecule has 7 heteroatoms. The summed E-state index contributed by atoms with van der Waals surface area (Å²) in [7, 11) is 0. The van der Waals surface area contributed by atoms with Gasteiger partial charge < -0.3 is 5.32 Å². The van der Waals surface area contributed by atoms with Crippen molar-refractivity contribution in [1.29, 1.82) is 0 Å². The predicted octanol–water partition coefficient (Wildman–Crippen LogP) is 3.24. The van der Waals surface area contributed by atoms with Crippen LogP contribution in [0.5, 0.6) is 0 Å². The topological polar surface area (TPSA) is 56.4 Å². The number of rotatable bonds is 4. The second kappa shape index (κ2) is 8.57. The average molecular weight is 403 g/mol. The third-order valence-electron chi connectivity index (χ3n) is 5.55. The van der Waals surface area contributed by atoms with Gasteiger partial charge in [-0.15, -0.1) is 0 Å². The van der Waals surface area contributed by atoms with Crippen LogP contribution in [-0.4, -0.2) is 36.1 Å². The van der Waals surface area contributed by atoms with Crippen molar-refractivity contribution >= 4 is 17.5 Å². The Morgan fingerprint density at radius 1 is 1.11 bits per heavy atom. The summed E-state index contributed by atoms with van der Waals surface area (Å²) in [4.78, 5) is 14.7. The van der Waals surface area contributed by atoms with Crippen molar-refractivity contribution < 1.29 is 9.18 Å². The van der Waals surface area contributed by atoms with E-state index in [-0.39, 0.29) is 24.2 Å². The molecule has 2 fully saturated rings. The number of benzene rings is 2. The van der Waals surface area contributed by atoms with E-state index >= 15 is 0 Å². The van der Waals surface area contributed by atoms with E-state index < -0.39 is 5.82 Å². The second-order valence-electron chi connectivity index (χ2n) is 7.44. The van der Waals surface area contributed by atoms with Gasteiger partial charge in [-0.3, -0.25) is 9.69 Å². The number of carbonyl (C=O) groups is 1. The van der Waals surface area contributed by atoms with Crippen LogP contribution in [0.25, 0.3) is 0 Å². The Balaban J connectivity index is 1.26. The Labute approximate surface area is 169 Å². The van der Waals surface area contributed by atoms with Crippen LogP contribution >= 0.6 is 11.6 Å². The first-order valence-corrected chi connectivity index (χ1v) is 10.0. The normalized spacial score (nSPS) is 23.6. The molecule has 0 saturated carbocycles. The monoisotopic (exact) mass is 402 g/mol. The maximum atomic E-state index is 13.3. The second-order valence-corrected chi connectivity index (χ2v) is 7.87. The lowest BCUT2D eigenvalue weighted by Gasteiger charge is -2.35. The zero-order chi connectivity index (χ0) is 19.5. The lowest BCUT2D eigenvalue weighted by atomic mass is 10.0. The van der Waals surface area contributed by atoms with Crippen LogP contribution < -0.4 is 16.2 Å². The fourth-order valence-electron chi connectivity index (χ4n) is 3.95. The summed E-state index contributed by atoms with van der Waals surface area (Å²) in [6.07, 6.45) is 3.00. The highest BCUT2D eigenvalue weighted by molar-refractivity contribution is 6.30. The largest absolute Gasteiger partial charge is 0.349 e. The minimum Gasteiger partial charge on any atom is -0.349 e. The van der Waals surface area contributed by atoms with Gasteiger partial charge in [-0.05, 0) is 55.2 Å². The van der Waals surface area contributed by atoms with Crippen molar-refractivity contribution in [2.24, 2.45) is 0 Å². The van der Waals surface area contributed by atoms with Crippen molar-refractivity contribution in [3.8, 4) is 0 Å². The molecule has 2 saturated heterocycles. The van der Waals surface area contributed by atoms with Crippen LogP contribution in [-0.2, 0) is 0 Å². The van der Waals surface area contributed by atoms with Gasteiger partial charge in [0.25, 0.3) is 5.91 Å². The molecule has 2 heterocycles. The van der Waals surface area contributed by atoms with E-state index in [1.807, 2.05) is 12.1 Å². The molecule has 5 nitrogen and oxygen atoms in total. The summed E-state index contributed by atoms with van der Waals surface area (Å²) in [5.74, 6) is -0.598. The van der Waals surface area contributed by atoms with E-state index in [4.69, 9.17) is 11.6 Å². The van der Waals surface area contributed by atoms with Crippen LogP contribution in [0.4, 0.5) is 4.39 Å². The highest BCUT2D eigenvalue weighted by Crippen LogP contribution is 2.26. The Hall–Kier alpha value is -1.99. The molecule has 1 amide bonds. The van der Waals surface area contributed by atoms with Crippen molar-refractivity contribution in [3.63, 3.8) is 0 Å². The number of halogens is 2. The SMILES string of the molecule is O=C(NC1CCN(C2CC(c3ccc(Cl)cc3)NN2)CC1)c1cccc(F)c1. The lowest BCUT2D eigenvalue weighted by molar-refractivity contribution is 0.0879. The van der Waals surface area contributed by atoms with E-state index in [0.717, 1.165) is 37.4 Å². The molecule has 2 atom stereocenters. The summed E-state index contributed by atoms with van der Waals surface area (Å²) in [6.45, 7) is 1.81. The Morgan fingerprint density at radius 3 is 2.57 bits per heavy atom. The van der Waals surface area contributed by atoms with Crippen molar-refractivity contribution in [2.45, 2.75) is 37.5 Å². The molecule has 2 aromatic rings.